The van der Waals surface area contributed by atoms with Crippen LogP contribution in [0.15, 0.2) is 30.3 Å². The Bertz CT molecular complexity index is 238. The van der Waals surface area contributed by atoms with E-state index in [-0.39, 0.29) is 19.3 Å². The van der Waals surface area contributed by atoms with E-state index in [1.807, 2.05) is 30.3 Å². The van der Waals surface area contributed by atoms with Gasteiger partial charge in [0, 0.05) is 25.6 Å². The number of rotatable bonds is 6. The van der Waals surface area contributed by atoms with Crippen LogP contribution in [-0.2, 0) is 6.54 Å². The maximum absolute atomic E-state index is 8.93. The molecule has 0 amide bonds. The molecule has 0 heterocycles. The van der Waals surface area contributed by atoms with E-state index in [0.29, 0.717) is 6.54 Å². The maximum Gasteiger partial charge on any atom is 0.0588 e. The third-order valence-electron chi connectivity index (χ3n) is 2.00. The molecule has 1 unspecified atom stereocenters. The molecule has 0 fully saturated rings. The predicted octanol–water partition coefficient (Wildman–Crippen LogP) is 0.334. The molecule has 77 valence electrons. The summed E-state index contributed by atoms with van der Waals surface area (Å²) in [5, 5.41) is 20.7. The smallest absolute Gasteiger partial charge is 0.0588 e. The standard InChI is InChI=1S/C11H16NO2/c13-7-6-11(9-14)12-8-10-4-2-1-3-5-10/h1-6,11-14H,7-9H2. The van der Waals surface area contributed by atoms with Gasteiger partial charge in [-0.3, -0.25) is 0 Å². The SMILES string of the molecule is OC[CH]C(CO)NCc1ccccc1. The van der Waals surface area contributed by atoms with E-state index < -0.39 is 0 Å². The lowest BCUT2D eigenvalue weighted by Crippen LogP contribution is -2.33. The van der Waals surface area contributed by atoms with Crippen molar-refractivity contribution < 1.29 is 10.2 Å². The first-order chi connectivity index (χ1) is 6.86. The Kier molecular flexibility index (Phi) is 5.22. The molecule has 14 heavy (non-hydrogen) atoms. The van der Waals surface area contributed by atoms with Crippen LogP contribution in [0.5, 0.6) is 0 Å². The van der Waals surface area contributed by atoms with Gasteiger partial charge in [-0.15, -0.1) is 0 Å². The quantitative estimate of drug-likeness (QED) is 0.612. The topological polar surface area (TPSA) is 52.5 Å². The Morgan fingerprint density at radius 3 is 2.50 bits per heavy atom. The molecule has 1 rings (SSSR count). The molecule has 0 saturated heterocycles. The molecule has 0 spiro atoms. The molecule has 0 aliphatic rings. The molecule has 1 radical (unpaired) electrons. The van der Waals surface area contributed by atoms with Crippen molar-refractivity contribution in [2.24, 2.45) is 0 Å². The number of nitrogens with one attached hydrogen (secondary N) is 1. The summed E-state index contributed by atoms with van der Waals surface area (Å²) < 4.78 is 0. The zero-order valence-corrected chi connectivity index (χ0v) is 8.06. The zero-order valence-electron chi connectivity index (χ0n) is 8.06. The van der Waals surface area contributed by atoms with Crippen LogP contribution in [0.25, 0.3) is 0 Å². The molecule has 3 N–H and O–H groups in total. The van der Waals surface area contributed by atoms with Crippen molar-refractivity contribution in [3.63, 3.8) is 0 Å². The molecule has 1 aromatic carbocycles. The zero-order chi connectivity index (χ0) is 10.2. The highest BCUT2D eigenvalue weighted by Crippen LogP contribution is 1.98. The predicted molar refractivity (Wildman–Crippen MR) is 55.5 cm³/mol. The summed E-state index contributed by atoms with van der Waals surface area (Å²) in [5.74, 6) is 0. The van der Waals surface area contributed by atoms with Gasteiger partial charge in [-0.05, 0) is 5.56 Å². The number of hydrogen-bond donors (Lipinski definition) is 3. The molecule has 0 aromatic heterocycles. The molecule has 3 nitrogen and oxygen atoms in total. The minimum atomic E-state index is -0.139. The third-order valence-corrected chi connectivity index (χ3v) is 2.00. The monoisotopic (exact) mass is 194 g/mol. The van der Waals surface area contributed by atoms with E-state index in [9.17, 15) is 0 Å². The van der Waals surface area contributed by atoms with Gasteiger partial charge in [-0.1, -0.05) is 30.3 Å². The normalized spacial score (nSPS) is 12.7. The number of aliphatic hydroxyl groups is 2. The van der Waals surface area contributed by atoms with Crippen molar-refractivity contribution in [2.75, 3.05) is 13.2 Å². The van der Waals surface area contributed by atoms with Crippen LogP contribution in [0.1, 0.15) is 5.56 Å². The fraction of sp³-hybridized carbons (Fsp3) is 0.364. The Morgan fingerprint density at radius 1 is 1.21 bits per heavy atom. The van der Waals surface area contributed by atoms with Crippen molar-refractivity contribution in [2.45, 2.75) is 12.6 Å². The van der Waals surface area contributed by atoms with Crippen LogP contribution in [0, 0.1) is 6.42 Å². The third kappa shape index (κ3) is 3.87. The lowest BCUT2D eigenvalue weighted by molar-refractivity contribution is 0.236. The van der Waals surface area contributed by atoms with Crippen LogP contribution in [-0.4, -0.2) is 29.5 Å². The minimum absolute atomic E-state index is 0.00733. The average Bonchev–Trinajstić information content (AvgIpc) is 2.25. The molecule has 0 saturated carbocycles. The summed E-state index contributed by atoms with van der Waals surface area (Å²) in [6.45, 7) is 0.684. The van der Waals surface area contributed by atoms with E-state index >= 15 is 0 Å². The summed E-state index contributed by atoms with van der Waals surface area (Å²) in [5.41, 5.74) is 1.16. The second-order valence-electron chi connectivity index (χ2n) is 3.07. The van der Waals surface area contributed by atoms with Crippen LogP contribution >= 0.6 is 0 Å². The van der Waals surface area contributed by atoms with Crippen LogP contribution in [0.3, 0.4) is 0 Å². The van der Waals surface area contributed by atoms with Crippen molar-refractivity contribution in [3.8, 4) is 0 Å². The van der Waals surface area contributed by atoms with Crippen molar-refractivity contribution in [1.82, 2.24) is 5.32 Å². The molecule has 1 atom stereocenters. The lowest BCUT2D eigenvalue weighted by Gasteiger charge is -2.14. The average molecular weight is 194 g/mol. The lowest BCUT2D eigenvalue weighted by atomic mass is 10.2. The Labute approximate surface area is 84.4 Å². The second kappa shape index (κ2) is 6.54. The van der Waals surface area contributed by atoms with E-state index in [1.54, 1.807) is 6.42 Å². The summed E-state index contributed by atoms with van der Waals surface area (Å²) in [6, 6.07) is 9.80. The minimum Gasteiger partial charge on any atom is -0.396 e. The number of aliphatic hydroxyl groups excluding tert-OH is 2. The van der Waals surface area contributed by atoms with Gasteiger partial charge in [0.05, 0.1) is 6.61 Å². The highest BCUT2D eigenvalue weighted by Gasteiger charge is 2.05. The molecular formula is C11H16NO2. The molecule has 3 heteroatoms. The van der Waals surface area contributed by atoms with Crippen LogP contribution in [0.2, 0.25) is 0 Å². The largest absolute Gasteiger partial charge is 0.396 e. The van der Waals surface area contributed by atoms with Crippen molar-refractivity contribution in [1.29, 1.82) is 0 Å². The van der Waals surface area contributed by atoms with Gasteiger partial charge in [-0.2, -0.15) is 0 Å². The van der Waals surface area contributed by atoms with Gasteiger partial charge in [0.1, 0.15) is 0 Å². The summed E-state index contributed by atoms with van der Waals surface area (Å²) >= 11 is 0. The Hall–Kier alpha value is -0.900. The second-order valence-corrected chi connectivity index (χ2v) is 3.07. The van der Waals surface area contributed by atoms with Gasteiger partial charge in [0.15, 0.2) is 0 Å². The molecule has 0 bridgehead atoms. The van der Waals surface area contributed by atoms with Crippen LogP contribution < -0.4 is 5.32 Å². The first-order valence-corrected chi connectivity index (χ1v) is 4.69. The van der Waals surface area contributed by atoms with Gasteiger partial charge >= 0.3 is 0 Å². The molecular weight excluding hydrogens is 178 g/mol. The Balaban J connectivity index is 2.32. The molecule has 0 aliphatic carbocycles. The Morgan fingerprint density at radius 2 is 1.93 bits per heavy atom. The number of benzene rings is 1. The summed E-state index contributed by atoms with van der Waals surface area (Å²) in [6.07, 6.45) is 1.64. The van der Waals surface area contributed by atoms with Crippen LogP contribution in [0.4, 0.5) is 0 Å². The van der Waals surface area contributed by atoms with Crippen molar-refractivity contribution >= 4 is 0 Å². The van der Waals surface area contributed by atoms with E-state index in [2.05, 4.69) is 5.32 Å². The molecule has 1 aromatic rings. The fourth-order valence-corrected chi connectivity index (χ4v) is 1.19. The summed E-state index contributed by atoms with van der Waals surface area (Å²) in [7, 11) is 0. The fourth-order valence-electron chi connectivity index (χ4n) is 1.19. The van der Waals surface area contributed by atoms with Gasteiger partial charge in [0.2, 0.25) is 0 Å². The van der Waals surface area contributed by atoms with E-state index in [1.165, 1.54) is 0 Å². The highest BCUT2D eigenvalue weighted by molar-refractivity contribution is 5.14. The highest BCUT2D eigenvalue weighted by atomic mass is 16.3. The van der Waals surface area contributed by atoms with Gasteiger partial charge in [-0.25, -0.2) is 0 Å². The molecule has 0 aliphatic heterocycles. The maximum atomic E-state index is 8.93. The first-order valence-electron chi connectivity index (χ1n) is 4.69. The van der Waals surface area contributed by atoms with E-state index in [0.717, 1.165) is 5.56 Å². The number of hydrogen-bond acceptors (Lipinski definition) is 3. The van der Waals surface area contributed by atoms with Gasteiger partial charge in [0.25, 0.3) is 0 Å². The van der Waals surface area contributed by atoms with E-state index in [4.69, 9.17) is 10.2 Å². The van der Waals surface area contributed by atoms with Crippen molar-refractivity contribution in [3.05, 3.63) is 42.3 Å². The van der Waals surface area contributed by atoms with Gasteiger partial charge < -0.3 is 15.5 Å². The summed E-state index contributed by atoms with van der Waals surface area (Å²) in [4.78, 5) is 0. The first kappa shape index (κ1) is 11.2.